The summed E-state index contributed by atoms with van der Waals surface area (Å²) in [5.41, 5.74) is 6.42. The van der Waals surface area contributed by atoms with E-state index in [4.69, 9.17) is 10.3 Å². The second-order valence-corrected chi connectivity index (χ2v) is 4.09. The Morgan fingerprint density at radius 3 is 2.88 bits per heavy atom. The van der Waals surface area contributed by atoms with Crippen LogP contribution in [0.15, 0.2) is 28.8 Å². The van der Waals surface area contributed by atoms with Gasteiger partial charge in [-0.2, -0.15) is 4.98 Å². The van der Waals surface area contributed by atoms with Gasteiger partial charge in [-0.25, -0.2) is 0 Å². The monoisotopic (exact) mass is 233 g/mol. The van der Waals surface area contributed by atoms with Crippen LogP contribution in [0.5, 0.6) is 5.75 Å². The van der Waals surface area contributed by atoms with Crippen LogP contribution in [0.1, 0.15) is 24.2 Å². The van der Waals surface area contributed by atoms with E-state index >= 15 is 0 Å². The highest BCUT2D eigenvalue weighted by Crippen LogP contribution is 2.18. The zero-order valence-electron chi connectivity index (χ0n) is 9.63. The molecule has 0 bridgehead atoms. The average molecular weight is 233 g/mol. The Morgan fingerprint density at radius 1 is 1.41 bits per heavy atom. The number of hydrogen-bond acceptors (Lipinski definition) is 5. The third-order valence-electron chi connectivity index (χ3n) is 2.35. The molecule has 1 aromatic heterocycles. The molecule has 2 rings (SSSR count). The van der Waals surface area contributed by atoms with Gasteiger partial charge in [0.05, 0.1) is 0 Å². The number of benzene rings is 1. The molecule has 17 heavy (non-hydrogen) atoms. The Labute approximate surface area is 99.3 Å². The first-order chi connectivity index (χ1) is 8.15. The van der Waals surface area contributed by atoms with Crippen LogP contribution in [-0.2, 0) is 12.8 Å². The van der Waals surface area contributed by atoms with Gasteiger partial charge < -0.3 is 15.4 Å². The van der Waals surface area contributed by atoms with Crippen LogP contribution < -0.4 is 5.73 Å². The number of nitrogens with zero attached hydrogens (tertiary/aromatic N) is 2. The summed E-state index contributed by atoms with van der Waals surface area (Å²) in [5, 5.41) is 13.5. The minimum atomic E-state index is -0.00609. The predicted molar refractivity (Wildman–Crippen MR) is 62.6 cm³/mol. The van der Waals surface area contributed by atoms with Crippen molar-refractivity contribution in [1.82, 2.24) is 10.1 Å². The standard InChI is InChI=1S/C12H15N3O2/c1-8(13)6-12-14-11(15-17-12)7-9-4-2-3-5-10(9)16/h2-5,8,16H,6-7,13H2,1H3. The summed E-state index contributed by atoms with van der Waals surface area (Å²) >= 11 is 0. The van der Waals surface area contributed by atoms with Crippen LogP contribution in [0, 0.1) is 0 Å². The topological polar surface area (TPSA) is 85.2 Å². The fourth-order valence-electron chi connectivity index (χ4n) is 1.55. The van der Waals surface area contributed by atoms with E-state index in [2.05, 4.69) is 10.1 Å². The Kier molecular flexibility index (Phi) is 3.39. The van der Waals surface area contributed by atoms with E-state index in [1.807, 2.05) is 19.1 Å². The van der Waals surface area contributed by atoms with Crippen molar-refractivity contribution in [2.45, 2.75) is 25.8 Å². The Morgan fingerprint density at radius 2 is 2.18 bits per heavy atom. The van der Waals surface area contributed by atoms with Crippen LogP contribution in [0.4, 0.5) is 0 Å². The van der Waals surface area contributed by atoms with Gasteiger partial charge in [-0.3, -0.25) is 0 Å². The van der Waals surface area contributed by atoms with E-state index in [1.165, 1.54) is 0 Å². The van der Waals surface area contributed by atoms with E-state index in [0.29, 0.717) is 24.6 Å². The maximum absolute atomic E-state index is 9.62. The first-order valence-corrected chi connectivity index (χ1v) is 5.49. The molecule has 1 heterocycles. The highest BCUT2D eigenvalue weighted by Gasteiger charge is 2.10. The lowest BCUT2D eigenvalue weighted by Gasteiger charge is -1.99. The third-order valence-corrected chi connectivity index (χ3v) is 2.35. The number of hydrogen-bond donors (Lipinski definition) is 2. The van der Waals surface area contributed by atoms with Gasteiger partial charge in [-0.15, -0.1) is 0 Å². The second kappa shape index (κ2) is 4.97. The minimum Gasteiger partial charge on any atom is -0.508 e. The number of aromatic hydroxyl groups is 1. The molecule has 1 aromatic carbocycles. The number of para-hydroxylation sites is 1. The molecule has 0 spiro atoms. The quantitative estimate of drug-likeness (QED) is 0.830. The van der Waals surface area contributed by atoms with Crippen molar-refractivity contribution < 1.29 is 9.63 Å². The van der Waals surface area contributed by atoms with Gasteiger partial charge in [-0.1, -0.05) is 23.4 Å². The van der Waals surface area contributed by atoms with Crippen molar-refractivity contribution in [2.24, 2.45) is 5.73 Å². The average Bonchev–Trinajstić information content (AvgIpc) is 2.68. The molecule has 1 unspecified atom stereocenters. The van der Waals surface area contributed by atoms with Gasteiger partial charge >= 0.3 is 0 Å². The Balaban J connectivity index is 2.09. The zero-order chi connectivity index (χ0) is 12.3. The van der Waals surface area contributed by atoms with Gasteiger partial charge in [0.2, 0.25) is 5.89 Å². The zero-order valence-corrected chi connectivity index (χ0v) is 9.63. The maximum atomic E-state index is 9.62. The molecule has 0 saturated heterocycles. The van der Waals surface area contributed by atoms with Gasteiger partial charge in [0.15, 0.2) is 5.82 Å². The van der Waals surface area contributed by atoms with Crippen LogP contribution in [0.25, 0.3) is 0 Å². The lowest BCUT2D eigenvalue weighted by Crippen LogP contribution is -2.17. The summed E-state index contributed by atoms with van der Waals surface area (Å²) in [6.07, 6.45) is 1.02. The van der Waals surface area contributed by atoms with E-state index in [9.17, 15) is 5.11 Å². The predicted octanol–water partition coefficient (Wildman–Crippen LogP) is 1.26. The van der Waals surface area contributed by atoms with Crippen molar-refractivity contribution in [1.29, 1.82) is 0 Å². The smallest absolute Gasteiger partial charge is 0.228 e. The first-order valence-electron chi connectivity index (χ1n) is 5.49. The molecule has 1 atom stereocenters. The highest BCUT2D eigenvalue weighted by atomic mass is 16.5. The summed E-state index contributed by atoms with van der Waals surface area (Å²) in [5.74, 6) is 1.33. The number of rotatable bonds is 4. The molecule has 2 aromatic rings. The molecule has 0 aliphatic heterocycles. The lowest BCUT2D eigenvalue weighted by molar-refractivity contribution is 0.367. The van der Waals surface area contributed by atoms with Gasteiger partial charge in [0, 0.05) is 24.4 Å². The highest BCUT2D eigenvalue weighted by molar-refractivity contribution is 5.33. The first kappa shape index (κ1) is 11.6. The van der Waals surface area contributed by atoms with E-state index in [1.54, 1.807) is 12.1 Å². The normalized spacial score (nSPS) is 12.6. The van der Waals surface area contributed by atoms with Gasteiger partial charge in [-0.05, 0) is 13.0 Å². The van der Waals surface area contributed by atoms with Crippen LogP contribution >= 0.6 is 0 Å². The number of phenols is 1. The Bertz CT molecular complexity index is 494. The molecule has 0 aliphatic rings. The lowest BCUT2D eigenvalue weighted by atomic mass is 10.1. The third kappa shape index (κ3) is 3.04. The molecule has 5 heteroatoms. The van der Waals surface area contributed by atoms with E-state index in [0.717, 1.165) is 5.56 Å². The van der Waals surface area contributed by atoms with Crippen molar-refractivity contribution >= 4 is 0 Å². The fraction of sp³-hybridized carbons (Fsp3) is 0.333. The fourth-order valence-corrected chi connectivity index (χ4v) is 1.55. The molecule has 0 saturated carbocycles. The molecule has 3 N–H and O–H groups in total. The molecule has 0 aliphatic carbocycles. The van der Waals surface area contributed by atoms with Crippen LogP contribution in [-0.4, -0.2) is 21.3 Å². The molecule has 90 valence electrons. The van der Waals surface area contributed by atoms with E-state index in [-0.39, 0.29) is 11.8 Å². The number of phenolic OH excluding ortho intramolecular Hbond substituents is 1. The summed E-state index contributed by atoms with van der Waals surface area (Å²) in [7, 11) is 0. The number of aromatic nitrogens is 2. The van der Waals surface area contributed by atoms with Crippen molar-refractivity contribution in [3.63, 3.8) is 0 Å². The van der Waals surface area contributed by atoms with Crippen molar-refractivity contribution in [3.05, 3.63) is 41.5 Å². The summed E-state index contributed by atoms with van der Waals surface area (Å²) in [4.78, 5) is 4.22. The Hall–Kier alpha value is -1.88. The summed E-state index contributed by atoms with van der Waals surface area (Å²) < 4.78 is 5.06. The SMILES string of the molecule is CC(N)Cc1nc(Cc2ccccc2O)no1. The van der Waals surface area contributed by atoms with Gasteiger partial charge in [0.1, 0.15) is 5.75 Å². The van der Waals surface area contributed by atoms with E-state index < -0.39 is 0 Å². The summed E-state index contributed by atoms with van der Waals surface area (Å²) in [6, 6.07) is 7.09. The molecule has 0 amide bonds. The minimum absolute atomic E-state index is 0.00609. The molecule has 0 fully saturated rings. The molecule has 0 radical (unpaired) electrons. The summed E-state index contributed by atoms with van der Waals surface area (Å²) in [6.45, 7) is 1.88. The van der Waals surface area contributed by atoms with Crippen LogP contribution in [0.2, 0.25) is 0 Å². The van der Waals surface area contributed by atoms with Crippen LogP contribution in [0.3, 0.4) is 0 Å². The van der Waals surface area contributed by atoms with Crippen molar-refractivity contribution in [2.75, 3.05) is 0 Å². The van der Waals surface area contributed by atoms with Gasteiger partial charge in [0.25, 0.3) is 0 Å². The largest absolute Gasteiger partial charge is 0.508 e. The molecular weight excluding hydrogens is 218 g/mol. The van der Waals surface area contributed by atoms with Crippen molar-refractivity contribution in [3.8, 4) is 5.75 Å². The molecule has 5 nitrogen and oxygen atoms in total. The number of nitrogens with two attached hydrogens (primary N) is 1. The molecular formula is C12H15N3O2. The maximum Gasteiger partial charge on any atom is 0.228 e. The second-order valence-electron chi connectivity index (χ2n) is 4.09.